The summed E-state index contributed by atoms with van der Waals surface area (Å²) in [6.07, 6.45) is 14.7. The van der Waals surface area contributed by atoms with E-state index in [4.69, 9.17) is 0 Å². The van der Waals surface area contributed by atoms with Gasteiger partial charge in [0.1, 0.15) is 15.7 Å². The molecule has 0 saturated heterocycles. The summed E-state index contributed by atoms with van der Waals surface area (Å²) >= 11 is 0. The Morgan fingerprint density at radius 3 is 0.762 bits per heavy atom. The highest BCUT2D eigenvalue weighted by Gasteiger charge is 2.91. The van der Waals surface area contributed by atoms with E-state index in [0.717, 1.165) is 0 Å². The summed E-state index contributed by atoms with van der Waals surface area (Å²) in [7, 11) is 0. The van der Waals surface area contributed by atoms with E-state index in [1.165, 1.54) is 197 Å². The maximum Gasteiger partial charge on any atom is 0.668 e. The molecule has 0 amide bonds. The summed E-state index contributed by atoms with van der Waals surface area (Å²) in [6.45, 7) is 0. The third kappa shape index (κ3) is 2.87. The van der Waals surface area contributed by atoms with Crippen LogP contribution in [0.4, 0.5) is 0 Å². The van der Waals surface area contributed by atoms with Crippen molar-refractivity contribution in [2.75, 3.05) is 0 Å². The smallest absolute Gasteiger partial charge is 0.154 e. The van der Waals surface area contributed by atoms with Gasteiger partial charge in [-0.05, 0) is 131 Å². The second kappa shape index (κ2) is 10.6. The van der Waals surface area contributed by atoms with E-state index in [-0.39, 0.29) is 0 Å². The zero-order chi connectivity index (χ0) is 52.5. The molecule has 15 aliphatic rings. The standard InChI is InChI=1S/C72H33N12/c1-4-10-34(11-5-1)55-49-28-22-43-37-16-18-39-45-24-30-51-56(35-12-6-2-7-13-35)53-32-26-47-41-20-21-42-48-27-33-54-57(36-14-8-3-9-15-36)52-31-25-46-40-19-17-38-44-23-29-50(55)74(44)70(73(43)49)79-58(37)60(39)81-66-64(79)65-67-69-68(66)83(71(81,75(45)51)77(47)53)62(41)63(42)84(69)72(76(46)52,78(48)54)82(67)61(40)59(38)80(65)70/h1-33H/q+9. The maximum absolute atomic E-state index is 2.89. The summed E-state index contributed by atoms with van der Waals surface area (Å²) < 4.78 is 34.0. The molecule has 84 heavy (non-hydrogen) atoms. The van der Waals surface area contributed by atoms with Gasteiger partial charge >= 0.3 is 83.9 Å². The van der Waals surface area contributed by atoms with Gasteiger partial charge in [-0.2, -0.15) is 13.7 Å². The molecule has 13 aromatic rings. The van der Waals surface area contributed by atoms with Crippen molar-refractivity contribution in [2.45, 2.75) is 17.7 Å². The molecule has 3 unspecified atom stereocenters. The molecule has 0 N–H and O–H groups in total. The molecule has 7 aromatic carbocycles. The van der Waals surface area contributed by atoms with Crippen LogP contribution < -0.4 is 59.1 Å². The lowest BCUT2D eigenvalue weighted by Crippen LogP contribution is -2.86. The molecule has 15 aliphatic heterocycles. The van der Waals surface area contributed by atoms with Crippen molar-refractivity contribution < 1.29 is 41.1 Å². The summed E-state index contributed by atoms with van der Waals surface area (Å²) in [6, 6.07) is 63.1. The van der Waals surface area contributed by atoms with Crippen LogP contribution in [-0.2, 0) is 17.7 Å². The maximum atomic E-state index is 2.89. The zero-order valence-corrected chi connectivity index (χ0v) is 43.9. The quantitative estimate of drug-likeness (QED) is 0.141. The molecule has 28 rings (SSSR count). The monoisotopic (exact) mass is 1070 g/mol. The van der Waals surface area contributed by atoms with Crippen molar-refractivity contribution in [1.29, 1.82) is 0 Å². The average Bonchev–Trinajstić information content (AvgIpc) is 1.41. The van der Waals surface area contributed by atoms with Gasteiger partial charge in [0.25, 0.3) is 0 Å². The van der Waals surface area contributed by atoms with Crippen LogP contribution in [0.3, 0.4) is 0 Å². The molecule has 0 bridgehead atoms. The van der Waals surface area contributed by atoms with Gasteiger partial charge in [0, 0.05) is 36.5 Å². The van der Waals surface area contributed by atoms with Gasteiger partial charge in [0.2, 0.25) is 34.2 Å². The minimum atomic E-state index is -0.947. The molecule has 21 heterocycles. The minimum absolute atomic E-state index is 0.947. The topological polar surface area (TPSA) is 47.1 Å². The molecule has 0 fully saturated rings. The molecule has 12 heteroatoms. The Hall–Kier alpha value is -11.4. The van der Waals surface area contributed by atoms with Crippen molar-refractivity contribution in [3.63, 3.8) is 0 Å². The van der Waals surface area contributed by atoms with E-state index in [9.17, 15) is 0 Å². The van der Waals surface area contributed by atoms with Gasteiger partial charge < -0.3 is 0 Å². The van der Waals surface area contributed by atoms with Crippen LogP contribution in [-0.4, -0.2) is 44.6 Å². The van der Waals surface area contributed by atoms with Crippen LogP contribution >= 0.6 is 0 Å². The zero-order valence-electron chi connectivity index (χ0n) is 43.9. The van der Waals surface area contributed by atoms with Crippen LogP contribution in [0.1, 0.15) is 16.7 Å². The number of hydrogen-bond acceptors (Lipinski definition) is 0. The summed E-state index contributed by atoms with van der Waals surface area (Å²) in [4.78, 5) is 0. The normalized spacial score (nSPS) is 23.4. The Morgan fingerprint density at radius 2 is 0.476 bits per heavy atom. The fourth-order valence-electron chi connectivity index (χ4n) is 20.6. The van der Waals surface area contributed by atoms with Gasteiger partial charge in [0.05, 0.1) is 64.5 Å². The minimum Gasteiger partial charge on any atom is -0.154 e. The van der Waals surface area contributed by atoms with E-state index in [1.807, 2.05) is 0 Å². The van der Waals surface area contributed by atoms with Gasteiger partial charge in [-0.15, -0.1) is 0 Å². The molecule has 6 aromatic heterocycles. The first-order chi connectivity index (χ1) is 41.8. The van der Waals surface area contributed by atoms with Crippen LogP contribution in [0.5, 0.6) is 0 Å². The molecule has 0 saturated carbocycles. The largest absolute Gasteiger partial charge is 0.668 e. The van der Waals surface area contributed by atoms with E-state index in [0.29, 0.717) is 0 Å². The van der Waals surface area contributed by atoms with E-state index in [2.05, 4.69) is 255 Å². The Bertz CT molecular complexity index is 6520. The van der Waals surface area contributed by atoms with Gasteiger partial charge in [-0.1, -0.05) is 91.0 Å². The molecular weight excluding hydrogens is 1030 g/mol. The van der Waals surface area contributed by atoms with Crippen molar-refractivity contribution in [2.24, 2.45) is 0 Å². The first-order valence-corrected chi connectivity index (χ1v) is 29.5. The fourth-order valence-corrected chi connectivity index (χ4v) is 20.6. The number of hydrogen-bond donors (Lipinski definition) is 0. The number of benzene rings is 7. The number of allylic oxidation sites excluding steroid dienone is 3. The summed E-state index contributed by atoms with van der Waals surface area (Å²) in [5, 5.41) is 14.8. The van der Waals surface area contributed by atoms with Crippen molar-refractivity contribution in [3.8, 4) is 0 Å². The SMILES string of the molecule is C1=CC2=[N+]3C1=c1ccc4c5c1[n+]1c6c7c8c9c%10c6[n+]5C56n%11c(ccc%11=4)=C(c4ccccc4)C4=[N+]5C(=c5ccc%11c(c5[n+]%106)[n+]9C56n9c(ccc9=%11)=C(c9ccccc9)C9=[N+]5C(=c5ccc%10c(c5[n+]86)[n+]7C31n1c(ccc1=%10)=C2c1ccccc1)C=C9)C=C4. The molecular formula is C72H33N12+9. The third-order valence-electron chi connectivity index (χ3n) is 22.7. The van der Waals surface area contributed by atoms with Gasteiger partial charge in [-0.3, -0.25) is 0 Å². The Morgan fingerprint density at radius 1 is 0.226 bits per heavy atom. The fraction of sp³-hybridized carbons (Fsp3) is 0.0417. The molecule has 12 nitrogen and oxygen atoms in total. The van der Waals surface area contributed by atoms with Crippen molar-refractivity contribution >= 4 is 117 Å². The summed E-state index contributed by atoms with van der Waals surface area (Å²) in [5.41, 5.74) is 29.9. The van der Waals surface area contributed by atoms with Crippen LogP contribution in [0.15, 0.2) is 200 Å². The third-order valence-corrected chi connectivity index (χ3v) is 22.7. The van der Waals surface area contributed by atoms with Crippen LogP contribution in [0.2, 0.25) is 0 Å². The van der Waals surface area contributed by atoms with Crippen LogP contribution in [0.25, 0.3) is 100 Å². The van der Waals surface area contributed by atoms with E-state index < -0.39 is 17.7 Å². The molecule has 372 valence electrons. The van der Waals surface area contributed by atoms with Gasteiger partial charge in [-0.25, -0.2) is 0 Å². The first kappa shape index (κ1) is 37.5. The molecule has 3 atom stereocenters. The van der Waals surface area contributed by atoms with E-state index >= 15 is 0 Å². The number of rotatable bonds is 3. The molecule has 0 aliphatic carbocycles. The second-order valence-electron chi connectivity index (χ2n) is 25.3. The predicted octanol–water partition coefficient (Wildman–Crippen LogP) is 0.543. The molecule has 3 spiro atoms. The predicted molar refractivity (Wildman–Crippen MR) is 303 cm³/mol. The highest BCUT2D eigenvalue weighted by Crippen LogP contribution is 2.50. The Balaban J connectivity index is 1.03. The van der Waals surface area contributed by atoms with Crippen molar-refractivity contribution in [1.82, 2.24) is 13.7 Å². The number of nitrogens with zero attached hydrogens (tertiary/aromatic N) is 12. The highest BCUT2D eigenvalue weighted by atomic mass is 15.7. The lowest BCUT2D eigenvalue weighted by molar-refractivity contribution is -1.09. The lowest BCUT2D eigenvalue weighted by atomic mass is 9.98. The Kier molecular flexibility index (Phi) is 4.74. The second-order valence-corrected chi connectivity index (χ2v) is 25.3. The first-order valence-electron chi connectivity index (χ1n) is 29.5. The van der Waals surface area contributed by atoms with Crippen molar-refractivity contribution in [3.05, 3.63) is 280 Å². The summed E-state index contributed by atoms with van der Waals surface area (Å²) in [5.74, 6) is -2.84. The highest BCUT2D eigenvalue weighted by molar-refractivity contribution is 6.30. The number of aromatic nitrogens is 9. The van der Waals surface area contributed by atoms with Crippen LogP contribution in [0, 0.1) is 31.7 Å². The Labute approximate surface area is 467 Å². The van der Waals surface area contributed by atoms with E-state index in [1.54, 1.807) is 0 Å². The molecule has 0 radical (unpaired) electrons. The van der Waals surface area contributed by atoms with Gasteiger partial charge in [0.15, 0.2) is 0 Å². The lowest BCUT2D eigenvalue weighted by Gasteiger charge is -2.28. The average molecular weight is 1070 g/mol.